The van der Waals surface area contributed by atoms with Gasteiger partial charge in [-0.3, -0.25) is 4.98 Å². The molecule has 2 aromatic carbocycles. The number of nitrogens with zero attached hydrogens (tertiary/aromatic N) is 2. The van der Waals surface area contributed by atoms with Gasteiger partial charge in [-0.1, -0.05) is 78.4 Å². The van der Waals surface area contributed by atoms with E-state index in [1.165, 1.54) is 0 Å². The van der Waals surface area contributed by atoms with E-state index in [4.69, 9.17) is 0 Å². The van der Waals surface area contributed by atoms with Crippen LogP contribution in [0.1, 0.15) is 23.7 Å². The number of amides is 2. The standard InChI is InChI=1S/C25H27N3O/c1-21(18-22-10-4-2-5-11-22)20-28(17-15-24-14-8-9-16-26-24)25(29)27-19-23-12-6-3-7-13-23/h2-14,16,18H,15,17,19-20H2,1H3,(H,27,29)/b21-18+. The van der Waals surface area contributed by atoms with Crippen molar-refractivity contribution in [3.05, 3.63) is 107 Å². The third-order valence-electron chi connectivity index (χ3n) is 4.59. The molecule has 0 aliphatic heterocycles. The molecule has 2 amide bonds. The summed E-state index contributed by atoms with van der Waals surface area (Å²) >= 11 is 0. The van der Waals surface area contributed by atoms with Crippen LogP contribution in [0.2, 0.25) is 0 Å². The molecule has 0 unspecified atom stereocenters. The van der Waals surface area contributed by atoms with Crippen molar-refractivity contribution in [2.75, 3.05) is 13.1 Å². The largest absolute Gasteiger partial charge is 0.334 e. The Hall–Kier alpha value is -3.40. The topological polar surface area (TPSA) is 45.2 Å². The summed E-state index contributed by atoms with van der Waals surface area (Å²) in [5.41, 5.74) is 4.34. The first kappa shape index (κ1) is 20.3. The monoisotopic (exact) mass is 385 g/mol. The van der Waals surface area contributed by atoms with Crippen molar-refractivity contribution in [1.82, 2.24) is 15.2 Å². The smallest absolute Gasteiger partial charge is 0.317 e. The SMILES string of the molecule is C/C(=C\c1ccccc1)CN(CCc1ccccn1)C(=O)NCc1ccccc1. The van der Waals surface area contributed by atoms with Crippen LogP contribution in [0.4, 0.5) is 4.79 Å². The van der Waals surface area contributed by atoms with E-state index >= 15 is 0 Å². The zero-order valence-electron chi connectivity index (χ0n) is 16.8. The predicted molar refractivity (Wildman–Crippen MR) is 118 cm³/mol. The molecule has 1 aromatic heterocycles. The van der Waals surface area contributed by atoms with Crippen LogP contribution in [-0.4, -0.2) is 29.0 Å². The third kappa shape index (κ3) is 6.92. The molecule has 0 radical (unpaired) electrons. The Kier molecular flexibility index (Phi) is 7.58. The molecule has 1 heterocycles. The van der Waals surface area contributed by atoms with E-state index in [1.54, 1.807) is 6.20 Å². The number of aromatic nitrogens is 1. The van der Waals surface area contributed by atoms with Gasteiger partial charge in [0.05, 0.1) is 0 Å². The quantitative estimate of drug-likeness (QED) is 0.597. The average molecular weight is 386 g/mol. The molecule has 0 spiro atoms. The number of benzene rings is 2. The van der Waals surface area contributed by atoms with Gasteiger partial charge in [0.1, 0.15) is 0 Å². The van der Waals surface area contributed by atoms with Crippen molar-refractivity contribution in [2.45, 2.75) is 19.9 Å². The Labute approximate surface area is 172 Å². The van der Waals surface area contributed by atoms with Gasteiger partial charge in [-0.25, -0.2) is 4.79 Å². The Balaban J connectivity index is 1.66. The maximum atomic E-state index is 12.9. The zero-order valence-corrected chi connectivity index (χ0v) is 16.8. The molecule has 3 aromatic rings. The summed E-state index contributed by atoms with van der Waals surface area (Å²) in [6.45, 7) is 3.76. The molecule has 29 heavy (non-hydrogen) atoms. The van der Waals surface area contributed by atoms with Gasteiger partial charge in [-0.2, -0.15) is 0 Å². The van der Waals surface area contributed by atoms with Crippen molar-refractivity contribution in [3.63, 3.8) is 0 Å². The van der Waals surface area contributed by atoms with E-state index in [-0.39, 0.29) is 6.03 Å². The molecule has 148 valence electrons. The highest BCUT2D eigenvalue weighted by Crippen LogP contribution is 2.09. The summed E-state index contributed by atoms with van der Waals surface area (Å²) in [6, 6.07) is 25.9. The molecule has 0 fully saturated rings. The minimum atomic E-state index is -0.0643. The van der Waals surface area contributed by atoms with Crippen LogP contribution in [-0.2, 0) is 13.0 Å². The van der Waals surface area contributed by atoms with Gasteiger partial charge in [-0.05, 0) is 30.2 Å². The number of hydrogen-bond acceptors (Lipinski definition) is 2. The molecular weight excluding hydrogens is 358 g/mol. The van der Waals surface area contributed by atoms with Gasteiger partial charge < -0.3 is 10.2 Å². The second-order valence-corrected chi connectivity index (χ2v) is 7.04. The minimum Gasteiger partial charge on any atom is -0.334 e. The molecule has 0 bridgehead atoms. The van der Waals surface area contributed by atoms with Gasteiger partial charge in [-0.15, -0.1) is 0 Å². The van der Waals surface area contributed by atoms with Gasteiger partial charge in [0, 0.05) is 37.9 Å². The van der Waals surface area contributed by atoms with Crippen LogP contribution in [0.25, 0.3) is 6.08 Å². The van der Waals surface area contributed by atoms with Crippen molar-refractivity contribution >= 4 is 12.1 Å². The van der Waals surface area contributed by atoms with Crippen molar-refractivity contribution < 1.29 is 4.79 Å². The number of pyridine rings is 1. The fourth-order valence-corrected chi connectivity index (χ4v) is 3.11. The second-order valence-electron chi connectivity index (χ2n) is 7.04. The molecule has 0 saturated heterocycles. The van der Waals surface area contributed by atoms with E-state index in [0.29, 0.717) is 19.6 Å². The summed E-state index contributed by atoms with van der Waals surface area (Å²) in [7, 11) is 0. The molecule has 4 nitrogen and oxygen atoms in total. The molecule has 0 atom stereocenters. The highest BCUT2D eigenvalue weighted by molar-refractivity contribution is 5.74. The molecule has 1 N–H and O–H groups in total. The fourth-order valence-electron chi connectivity index (χ4n) is 3.11. The van der Waals surface area contributed by atoms with Crippen molar-refractivity contribution in [1.29, 1.82) is 0 Å². The number of urea groups is 1. The Morgan fingerprint density at radius 2 is 1.66 bits per heavy atom. The first-order valence-electron chi connectivity index (χ1n) is 9.89. The highest BCUT2D eigenvalue weighted by atomic mass is 16.2. The lowest BCUT2D eigenvalue weighted by Gasteiger charge is -2.23. The van der Waals surface area contributed by atoms with E-state index in [9.17, 15) is 4.79 Å². The maximum Gasteiger partial charge on any atom is 0.317 e. The Morgan fingerprint density at radius 3 is 2.34 bits per heavy atom. The molecule has 0 aliphatic rings. The van der Waals surface area contributed by atoms with Crippen LogP contribution < -0.4 is 5.32 Å². The van der Waals surface area contributed by atoms with Gasteiger partial charge >= 0.3 is 6.03 Å². The molecular formula is C25H27N3O. The van der Waals surface area contributed by atoms with E-state index in [0.717, 1.165) is 28.8 Å². The van der Waals surface area contributed by atoms with Crippen molar-refractivity contribution in [2.24, 2.45) is 0 Å². The van der Waals surface area contributed by atoms with Crippen LogP contribution in [0.3, 0.4) is 0 Å². The van der Waals surface area contributed by atoms with Gasteiger partial charge in [0.25, 0.3) is 0 Å². The lowest BCUT2D eigenvalue weighted by molar-refractivity contribution is 0.202. The average Bonchev–Trinajstić information content (AvgIpc) is 2.77. The first-order valence-corrected chi connectivity index (χ1v) is 9.89. The van der Waals surface area contributed by atoms with Gasteiger partial charge in [0.15, 0.2) is 0 Å². The second kappa shape index (κ2) is 10.8. The minimum absolute atomic E-state index is 0.0643. The fraction of sp³-hybridized carbons (Fsp3) is 0.200. The number of rotatable bonds is 8. The van der Waals surface area contributed by atoms with Crippen LogP contribution in [0.5, 0.6) is 0 Å². The molecule has 4 heteroatoms. The van der Waals surface area contributed by atoms with Crippen LogP contribution in [0, 0.1) is 0 Å². The maximum absolute atomic E-state index is 12.9. The number of nitrogens with one attached hydrogen (secondary N) is 1. The number of carbonyl (C=O) groups is 1. The number of carbonyl (C=O) groups excluding carboxylic acids is 1. The first-order chi connectivity index (χ1) is 14.2. The summed E-state index contributed by atoms with van der Waals surface area (Å²) in [6.07, 6.45) is 4.63. The summed E-state index contributed by atoms with van der Waals surface area (Å²) in [5, 5.41) is 3.04. The van der Waals surface area contributed by atoms with E-state index < -0.39 is 0 Å². The normalized spacial score (nSPS) is 11.1. The van der Waals surface area contributed by atoms with E-state index in [1.807, 2.05) is 71.6 Å². The van der Waals surface area contributed by atoms with Gasteiger partial charge in [0.2, 0.25) is 0 Å². The molecule has 3 rings (SSSR count). The lowest BCUT2D eigenvalue weighted by atomic mass is 10.1. The van der Waals surface area contributed by atoms with Crippen LogP contribution >= 0.6 is 0 Å². The van der Waals surface area contributed by atoms with Crippen molar-refractivity contribution in [3.8, 4) is 0 Å². The molecule has 0 saturated carbocycles. The highest BCUT2D eigenvalue weighted by Gasteiger charge is 2.14. The Bertz CT molecular complexity index is 909. The lowest BCUT2D eigenvalue weighted by Crippen LogP contribution is -2.41. The summed E-state index contributed by atoms with van der Waals surface area (Å²) in [4.78, 5) is 19.1. The number of hydrogen-bond donors (Lipinski definition) is 1. The molecule has 0 aliphatic carbocycles. The summed E-state index contributed by atoms with van der Waals surface area (Å²) < 4.78 is 0. The summed E-state index contributed by atoms with van der Waals surface area (Å²) in [5.74, 6) is 0. The third-order valence-corrected chi connectivity index (χ3v) is 4.59. The Morgan fingerprint density at radius 1 is 0.966 bits per heavy atom. The zero-order chi connectivity index (χ0) is 20.3. The van der Waals surface area contributed by atoms with E-state index in [2.05, 4.69) is 35.4 Å². The van der Waals surface area contributed by atoms with Crippen LogP contribution in [0.15, 0.2) is 90.6 Å². The predicted octanol–water partition coefficient (Wildman–Crippen LogP) is 4.94.